The second kappa shape index (κ2) is 14.5. The van der Waals surface area contributed by atoms with Gasteiger partial charge in [0.15, 0.2) is 0 Å². The number of aryl methyl sites for hydroxylation is 1. The van der Waals surface area contributed by atoms with Crippen LogP contribution in [0.4, 0.5) is 0 Å². The summed E-state index contributed by atoms with van der Waals surface area (Å²) in [5, 5.41) is 29.5. The van der Waals surface area contributed by atoms with Crippen LogP contribution in [0.3, 0.4) is 0 Å². The first-order chi connectivity index (χ1) is 21.2. The average Bonchev–Trinajstić information content (AvgIpc) is 3.73. The van der Waals surface area contributed by atoms with Gasteiger partial charge in [-0.15, -0.1) is 10.2 Å². The second-order valence-electron chi connectivity index (χ2n) is 12.3. The van der Waals surface area contributed by atoms with Crippen molar-refractivity contribution in [2.45, 2.75) is 96.5 Å². The van der Waals surface area contributed by atoms with Crippen molar-refractivity contribution < 1.29 is 9.84 Å². The van der Waals surface area contributed by atoms with E-state index < -0.39 is 5.60 Å². The van der Waals surface area contributed by atoms with Crippen LogP contribution in [0.1, 0.15) is 82.7 Å². The largest absolute Gasteiger partial charge is 0.388 e. The van der Waals surface area contributed by atoms with E-state index in [9.17, 15) is 9.90 Å². The first kappa shape index (κ1) is 33.8. The van der Waals surface area contributed by atoms with Crippen LogP contribution in [0.25, 0.3) is 28.3 Å². The van der Waals surface area contributed by atoms with E-state index in [1.54, 1.807) is 20.2 Å². The minimum Gasteiger partial charge on any atom is -0.388 e. The van der Waals surface area contributed by atoms with Crippen molar-refractivity contribution in [3.05, 3.63) is 82.0 Å². The number of H-pyrrole nitrogens is 1. The van der Waals surface area contributed by atoms with Gasteiger partial charge in [0, 0.05) is 75.0 Å². The monoisotopic (exact) mass is 635 g/mol. The number of benzene rings is 2. The molecule has 6 rings (SSSR count). The predicted molar refractivity (Wildman–Crippen MR) is 173 cm³/mol. The topological polar surface area (TPSA) is 136 Å². The summed E-state index contributed by atoms with van der Waals surface area (Å²) >= 11 is 0. The van der Waals surface area contributed by atoms with Gasteiger partial charge in [-0.1, -0.05) is 61.9 Å². The molecular weight excluding hydrogens is 596 g/mol. The molecule has 231 valence electrons. The molecule has 3 aromatic heterocycles. The third kappa shape index (κ3) is 7.22. The van der Waals surface area contributed by atoms with Crippen molar-refractivity contribution in [1.82, 2.24) is 39.8 Å². The summed E-state index contributed by atoms with van der Waals surface area (Å²) in [6.45, 7) is 7.57. The molecule has 1 unspecified atom stereocenters. The van der Waals surface area contributed by atoms with Gasteiger partial charge in [0.1, 0.15) is 6.33 Å². The van der Waals surface area contributed by atoms with Crippen LogP contribution in [-0.4, -0.2) is 114 Å². The molecule has 0 bridgehead atoms. The normalized spacial score (nSPS) is 17.7. The molecule has 3 heterocycles. The molecule has 12 heteroatoms. The minimum absolute atomic E-state index is 0. The smallest absolute Gasteiger partial charge is 0.259 e. The van der Waals surface area contributed by atoms with Gasteiger partial charge in [0.25, 0.3) is 5.56 Å². The molecule has 1 atom stereocenters. The molecule has 5 aromatic rings. The van der Waals surface area contributed by atoms with Crippen molar-refractivity contribution in [3.8, 4) is 22.5 Å². The third-order valence-electron chi connectivity index (χ3n) is 8.87. The van der Waals surface area contributed by atoms with E-state index >= 15 is 0 Å². The van der Waals surface area contributed by atoms with Crippen LogP contribution in [0.15, 0.2) is 59.7 Å². The Morgan fingerprint density at radius 1 is 1.07 bits per heavy atom. The average molecular weight is 636 g/mol. The molecule has 1 radical (unpaired) electrons. The molecular formula is C33H40KN8O3. The molecule has 0 aliphatic heterocycles. The van der Waals surface area contributed by atoms with Gasteiger partial charge in [-0.05, 0) is 74.8 Å². The molecule has 0 spiro atoms. The third-order valence-corrected chi connectivity index (χ3v) is 8.87. The number of aromatic amines is 1. The van der Waals surface area contributed by atoms with Gasteiger partial charge in [0.05, 0.1) is 23.5 Å². The Labute approximate surface area is 305 Å². The fourth-order valence-electron chi connectivity index (χ4n) is 6.18. The van der Waals surface area contributed by atoms with Gasteiger partial charge < -0.3 is 9.84 Å². The molecule has 45 heavy (non-hydrogen) atoms. The maximum atomic E-state index is 14.3. The van der Waals surface area contributed by atoms with E-state index in [4.69, 9.17) is 4.74 Å². The number of hydrogen-bond donors (Lipinski definition) is 2. The molecule has 1 aliphatic carbocycles. The Morgan fingerprint density at radius 2 is 1.78 bits per heavy atom. The van der Waals surface area contributed by atoms with Crippen LogP contribution in [0, 0.1) is 0 Å². The Balaban J connectivity index is 0.00000400. The Bertz CT molecular complexity index is 1770. The summed E-state index contributed by atoms with van der Waals surface area (Å²) in [5.41, 5.74) is 4.77. The number of nitrogens with zero attached hydrogens (tertiary/aromatic N) is 7. The van der Waals surface area contributed by atoms with E-state index in [1.807, 2.05) is 40.3 Å². The minimum atomic E-state index is -0.901. The summed E-state index contributed by atoms with van der Waals surface area (Å²) in [5.74, 6) is 1.15. The standard InChI is InChI=1S/C33H40N8O3.K/c1-5-8-29-28(19-22-11-13-23(14-12-22)26-9-6-7-10-27(26)30-36-38-39-37-30)31(42)40(32-34-20-35-41(29)32)24-15-17-25(18-16-24)44-21(2)33(3,4)43;/h6-7,9-14,20-21,24-25,43H,5,8,15-19H2,1-4H3,(H,36,37,38,39);. The zero-order valence-electron chi connectivity index (χ0n) is 26.8. The quantitative estimate of drug-likeness (QED) is 0.213. The Kier molecular flexibility index (Phi) is 10.8. The molecule has 0 saturated heterocycles. The number of aliphatic hydroxyl groups is 1. The van der Waals surface area contributed by atoms with Crippen LogP contribution in [-0.2, 0) is 17.6 Å². The number of tetrazole rings is 1. The van der Waals surface area contributed by atoms with Gasteiger partial charge in [-0.2, -0.15) is 15.3 Å². The number of ether oxygens (including phenoxy) is 1. The van der Waals surface area contributed by atoms with Gasteiger partial charge in [-0.25, -0.2) is 4.52 Å². The summed E-state index contributed by atoms with van der Waals surface area (Å²) in [6, 6.07) is 16.3. The fourth-order valence-corrected chi connectivity index (χ4v) is 6.18. The number of hydrogen-bond acceptors (Lipinski definition) is 8. The van der Waals surface area contributed by atoms with Crippen molar-refractivity contribution in [2.24, 2.45) is 0 Å². The van der Waals surface area contributed by atoms with E-state index in [-0.39, 0.29) is 75.2 Å². The van der Waals surface area contributed by atoms with Crippen molar-refractivity contribution in [3.63, 3.8) is 0 Å². The summed E-state index contributed by atoms with van der Waals surface area (Å²) < 4.78 is 9.92. The summed E-state index contributed by atoms with van der Waals surface area (Å²) in [6.07, 6.45) is 6.68. The zero-order valence-corrected chi connectivity index (χ0v) is 29.9. The summed E-state index contributed by atoms with van der Waals surface area (Å²) in [4.78, 5) is 18.9. The van der Waals surface area contributed by atoms with Crippen LogP contribution < -0.4 is 5.56 Å². The number of fused-ring (bicyclic) bond motifs is 1. The maximum Gasteiger partial charge on any atom is 0.259 e. The Hall–Kier alpha value is -2.58. The van der Waals surface area contributed by atoms with Crippen molar-refractivity contribution in [1.29, 1.82) is 0 Å². The predicted octanol–water partition coefficient (Wildman–Crippen LogP) is 4.56. The van der Waals surface area contributed by atoms with Crippen molar-refractivity contribution >= 4 is 57.2 Å². The van der Waals surface area contributed by atoms with Crippen LogP contribution >= 0.6 is 0 Å². The number of aromatic nitrogens is 8. The van der Waals surface area contributed by atoms with E-state index in [0.717, 1.165) is 72.0 Å². The molecule has 0 amide bonds. The molecule has 2 aromatic carbocycles. The van der Waals surface area contributed by atoms with Crippen LogP contribution in [0.2, 0.25) is 0 Å². The van der Waals surface area contributed by atoms with Gasteiger partial charge in [-0.3, -0.25) is 9.36 Å². The van der Waals surface area contributed by atoms with Gasteiger partial charge in [0.2, 0.25) is 11.6 Å². The van der Waals surface area contributed by atoms with Crippen LogP contribution in [0.5, 0.6) is 0 Å². The van der Waals surface area contributed by atoms with E-state index in [1.165, 1.54) is 0 Å². The van der Waals surface area contributed by atoms with Crippen molar-refractivity contribution in [2.75, 3.05) is 0 Å². The molecule has 1 saturated carbocycles. The summed E-state index contributed by atoms with van der Waals surface area (Å²) in [7, 11) is 0. The SMILES string of the molecule is CCCc1c(Cc2ccc(-c3ccccc3-c3nn[nH]n3)cc2)c(=O)n(C2CCC(OC(C)C(C)(C)O)CC2)c2ncnn12.[K]. The molecule has 11 nitrogen and oxygen atoms in total. The van der Waals surface area contributed by atoms with E-state index in [0.29, 0.717) is 18.0 Å². The molecule has 1 aliphatic rings. The zero-order chi connectivity index (χ0) is 30.8. The first-order valence-electron chi connectivity index (χ1n) is 15.5. The fraction of sp³-hybridized carbons (Fsp3) is 0.455. The molecule has 1 fully saturated rings. The van der Waals surface area contributed by atoms with Gasteiger partial charge >= 0.3 is 0 Å². The Morgan fingerprint density at radius 3 is 2.42 bits per heavy atom. The van der Waals surface area contributed by atoms with E-state index in [2.05, 4.69) is 61.9 Å². The first-order valence-corrected chi connectivity index (χ1v) is 15.5. The second-order valence-corrected chi connectivity index (χ2v) is 12.3. The maximum absolute atomic E-state index is 14.3. The number of rotatable bonds is 10. The number of nitrogens with one attached hydrogen (secondary N) is 1. The molecule has 2 N–H and O–H groups in total.